The Morgan fingerprint density at radius 2 is 1.82 bits per heavy atom. The predicted octanol–water partition coefficient (Wildman–Crippen LogP) is 2.12. The highest BCUT2D eigenvalue weighted by Crippen LogP contribution is 2.38. The fourth-order valence-corrected chi connectivity index (χ4v) is 4.63. The summed E-state index contributed by atoms with van der Waals surface area (Å²) in [5, 5.41) is 0. The van der Waals surface area contributed by atoms with Crippen LogP contribution in [0.15, 0.2) is 37.9 Å². The molecule has 0 amide bonds. The Balaban J connectivity index is 1.78. The fourth-order valence-electron chi connectivity index (χ4n) is 4.63. The zero-order valence-corrected chi connectivity index (χ0v) is 20.6. The van der Waals surface area contributed by atoms with E-state index in [2.05, 4.69) is 13.8 Å². The minimum Gasteiger partial charge on any atom is -0.493 e. The Labute approximate surface area is 198 Å². The number of fused-ring (bicyclic) bond motifs is 1. The van der Waals surface area contributed by atoms with Crippen LogP contribution in [0.4, 0.5) is 0 Å². The van der Waals surface area contributed by atoms with Crippen LogP contribution in [-0.2, 0) is 36.4 Å². The van der Waals surface area contributed by atoms with Crippen LogP contribution < -0.4 is 16.0 Å². The van der Waals surface area contributed by atoms with Crippen molar-refractivity contribution in [3.05, 3.63) is 50.3 Å². The zero-order chi connectivity index (χ0) is 24.6. The van der Waals surface area contributed by atoms with Crippen LogP contribution in [0.1, 0.15) is 31.4 Å². The van der Waals surface area contributed by atoms with Gasteiger partial charge in [-0.25, -0.2) is 14.8 Å². The van der Waals surface area contributed by atoms with Gasteiger partial charge in [0.25, 0.3) is 5.56 Å². The SMILES string of the molecule is COC1=N[C@H](C(C)C)C(OC)=N[C@H]1Cc1ccc(-c2cn(C)c(=O)n(C)c2=O)c2c1CCCO2. The number of aryl methyl sites for hydroxylation is 1. The third-order valence-corrected chi connectivity index (χ3v) is 6.46. The summed E-state index contributed by atoms with van der Waals surface area (Å²) >= 11 is 0. The lowest BCUT2D eigenvalue weighted by atomic mass is 9.90. The molecule has 9 heteroatoms. The summed E-state index contributed by atoms with van der Waals surface area (Å²) in [5.74, 6) is 2.12. The number of aliphatic imine (C=N–C) groups is 2. The number of rotatable bonds is 4. The monoisotopic (exact) mass is 468 g/mol. The largest absolute Gasteiger partial charge is 0.493 e. The first-order valence-corrected chi connectivity index (χ1v) is 11.5. The van der Waals surface area contributed by atoms with Gasteiger partial charge in [0.15, 0.2) is 0 Å². The van der Waals surface area contributed by atoms with E-state index in [9.17, 15) is 9.59 Å². The van der Waals surface area contributed by atoms with E-state index in [1.807, 2.05) is 12.1 Å². The van der Waals surface area contributed by atoms with Gasteiger partial charge < -0.3 is 18.8 Å². The van der Waals surface area contributed by atoms with E-state index < -0.39 is 0 Å². The molecule has 34 heavy (non-hydrogen) atoms. The molecule has 0 saturated carbocycles. The number of aromatic nitrogens is 2. The van der Waals surface area contributed by atoms with Gasteiger partial charge >= 0.3 is 5.69 Å². The van der Waals surface area contributed by atoms with Crippen LogP contribution in [0.25, 0.3) is 11.1 Å². The smallest absolute Gasteiger partial charge is 0.330 e. The Kier molecular flexibility index (Phi) is 6.63. The lowest BCUT2D eigenvalue weighted by Gasteiger charge is -2.28. The highest BCUT2D eigenvalue weighted by Gasteiger charge is 2.32. The van der Waals surface area contributed by atoms with Crippen molar-refractivity contribution in [2.45, 2.75) is 45.2 Å². The van der Waals surface area contributed by atoms with Crippen molar-refractivity contribution < 1.29 is 14.2 Å². The van der Waals surface area contributed by atoms with Crippen LogP contribution in [0.3, 0.4) is 0 Å². The maximum absolute atomic E-state index is 12.9. The maximum Gasteiger partial charge on any atom is 0.330 e. The molecule has 2 atom stereocenters. The number of hydrogen-bond donors (Lipinski definition) is 0. The Morgan fingerprint density at radius 1 is 1.09 bits per heavy atom. The van der Waals surface area contributed by atoms with Crippen molar-refractivity contribution in [3.63, 3.8) is 0 Å². The van der Waals surface area contributed by atoms with Crippen LogP contribution in [-0.4, -0.2) is 53.8 Å². The van der Waals surface area contributed by atoms with Gasteiger partial charge in [0.1, 0.15) is 17.8 Å². The molecule has 2 aliphatic rings. The Hall–Kier alpha value is -3.36. The van der Waals surface area contributed by atoms with Crippen molar-refractivity contribution in [2.75, 3.05) is 20.8 Å². The molecule has 0 aliphatic carbocycles. The average Bonchev–Trinajstić information content (AvgIpc) is 2.84. The van der Waals surface area contributed by atoms with E-state index in [0.717, 1.165) is 28.5 Å². The quantitative estimate of drug-likeness (QED) is 0.685. The van der Waals surface area contributed by atoms with Gasteiger partial charge in [-0.2, -0.15) is 0 Å². The van der Waals surface area contributed by atoms with Crippen LogP contribution >= 0.6 is 0 Å². The summed E-state index contributed by atoms with van der Waals surface area (Å²) in [7, 11) is 6.36. The summed E-state index contributed by atoms with van der Waals surface area (Å²) in [5.41, 5.74) is 2.54. The fraction of sp³-hybridized carbons (Fsp3) is 0.520. The van der Waals surface area contributed by atoms with Crippen molar-refractivity contribution in [2.24, 2.45) is 30.0 Å². The van der Waals surface area contributed by atoms with Gasteiger partial charge in [-0.1, -0.05) is 26.0 Å². The third-order valence-electron chi connectivity index (χ3n) is 6.46. The Bertz CT molecular complexity index is 1270. The molecule has 2 aromatic rings. The number of ether oxygens (including phenoxy) is 3. The van der Waals surface area contributed by atoms with Gasteiger partial charge in [0.2, 0.25) is 11.8 Å². The van der Waals surface area contributed by atoms with Crippen molar-refractivity contribution >= 4 is 11.8 Å². The molecule has 0 bridgehead atoms. The highest BCUT2D eigenvalue weighted by atomic mass is 16.5. The molecule has 2 aliphatic heterocycles. The van der Waals surface area contributed by atoms with Gasteiger partial charge in [0.05, 0.1) is 26.4 Å². The predicted molar refractivity (Wildman–Crippen MR) is 131 cm³/mol. The van der Waals surface area contributed by atoms with E-state index in [1.54, 1.807) is 27.5 Å². The molecule has 9 nitrogen and oxygen atoms in total. The van der Waals surface area contributed by atoms with Crippen LogP contribution in [0.2, 0.25) is 0 Å². The molecule has 0 spiro atoms. The molecule has 1 aromatic carbocycles. The van der Waals surface area contributed by atoms with Gasteiger partial charge in [-0.15, -0.1) is 0 Å². The molecule has 182 valence electrons. The van der Waals surface area contributed by atoms with Gasteiger partial charge in [-0.05, 0) is 29.9 Å². The van der Waals surface area contributed by atoms with E-state index in [4.69, 9.17) is 24.2 Å². The topological polar surface area (TPSA) is 96.4 Å². The van der Waals surface area contributed by atoms with Crippen molar-refractivity contribution in [3.8, 4) is 16.9 Å². The summed E-state index contributed by atoms with van der Waals surface area (Å²) in [6, 6.07) is 3.43. The van der Waals surface area contributed by atoms with E-state index in [1.165, 1.54) is 11.6 Å². The van der Waals surface area contributed by atoms with Gasteiger partial charge in [-0.3, -0.25) is 9.36 Å². The van der Waals surface area contributed by atoms with E-state index in [-0.39, 0.29) is 29.3 Å². The first-order valence-electron chi connectivity index (χ1n) is 11.5. The zero-order valence-electron chi connectivity index (χ0n) is 20.6. The minimum absolute atomic E-state index is 0.170. The molecule has 0 N–H and O–H groups in total. The summed E-state index contributed by atoms with van der Waals surface area (Å²) in [4.78, 5) is 34.7. The molecule has 0 radical (unpaired) electrons. The molecule has 4 rings (SSSR count). The first kappa shape index (κ1) is 23.8. The van der Waals surface area contributed by atoms with Crippen LogP contribution in [0, 0.1) is 5.92 Å². The van der Waals surface area contributed by atoms with Crippen LogP contribution in [0.5, 0.6) is 5.75 Å². The Morgan fingerprint density at radius 3 is 2.50 bits per heavy atom. The second-order valence-corrected chi connectivity index (χ2v) is 9.08. The minimum atomic E-state index is -0.365. The molecule has 0 unspecified atom stereocenters. The molecular formula is C25H32N4O5. The lowest BCUT2D eigenvalue weighted by molar-refractivity contribution is 0.288. The number of nitrogens with zero attached hydrogens (tertiary/aromatic N) is 4. The molecule has 0 fully saturated rings. The highest BCUT2D eigenvalue weighted by molar-refractivity contribution is 5.94. The van der Waals surface area contributed by atoms with Gasteiger partial charge in [0, 0.05) is 32.3 Å². The van der Waals surface area contributed by atoms with E-state index >= 15 is 0 Å². The summed E-state index contributed by atoms with van der Waals surface area (Å²) < 4.78 is 19.8. The molecule has 3 heterocycles. The normalized spacial score (nSPS) is 19.7. The second-order valence-electron chi connectivity index (χ2n) is 9.08. The number of benzene rings is 1. The number of methoxy groups -OCH3 is 2. The standard InChI is InChI=1S/C25H32N4O5/c1-14(2)20-23(33-6)26-19(22(27-20)32-5)12-15-9-10-17(21-16(15)8-7-11-34-21)18-13-28(3)25(31)29(4)24(18)30/h9-10,13-14,19-20H,7-8,11-12H2,1-6H3/t19-,20+/m0/s1. The summed E-state index contributed by atoms with van der Waals surface area (Å²) in [6.45, 7) is 4.73. The summed E-state index contributed by atoms with van der Waals surface area (Å²) in [6.07, 6.45) is 3.86. The first-order chi connectivity index (χ1) is 16.3. The second kappa shape index (κ2) is 9.48. The van der Waals surface area contributed by atoms with Crippen molar-refractivity contribution in [1.82, 2.24) is 9.13 Å². The van der Waals surface area contributed by atoms with Crippen molar-refractivity contribution in [1.29, 1.82) is 0 Å². The number of hydrogen-bond acceptors (Lipinski definition) is 7. The molecule has 0 saturated heterocycles. The average molecular weight is 469 g/mol. The maximum atomic E-state index is 12.9. The third kappa shape index (κ3) is 4.15. The molecular weight excluding hydrogens is 436 g/mol. The molecule has 1 aromatic heterocycles. The lowest BCUT2D eigenvalue weighted by Crippen LogP contribution is -2.38. The van der Waals surface area contributed by atoms with E-state index in [0.29, 0.717) is 41.7 Å².